The predicted molar refractivity (Wildman–Crippen MR) is 57.8 cm³/mol. The van der Waals surface area contributed by atoms with Crippen molar-refractivity contribution in [2.45, 2.75) is 26.3 Å². The summed E-state index contributed by atoms with van der Waals surface area (Å²) in [5, 5.41) is 4.16. The van der Waals surface area contributed by atoms with E-state index in [2.05, 4.69) is 5.10 Å². The van der Waals surface area contributed by atoms with E-state index in [1.165, 1.54) is 0 Å². The number of likely N-dealkylation sites (tertiary alicyclic amines) is 1. The number of ketones is 1. The van der Waals surface area contributed by atoms with Gasteiger partial charge in [-0.1, -0.05) is 0 Å². The predicted octanol–water partition coefficient (Wildman–Crippen LogP) is 0.383. The Morgan fingerprint density at radius 3 is 2.69 bits per heavy atom. The molecule has 0 saturated carbocycles. The lowest BCUT2D eigenvalue weighted by Crippen LogP contribution is -2.40. The summed E-state index contributed by atoms with van der Waals surface area (Å²) in [6, 6.07) is 1.87. The van der Waals surface area contributed by atoms with Crippen LogP contribution in [0.1, 0.15) is 18.5 Å². The van der Waals surface area contributed by atoms with Crippen LogP contribution in [0.25, 0.3) is 0 Å². The molecule has 2 heterocycles. The fourth-order valence-corrected chi connectivity index (χ4v) is 1.80. The first-order valence-corrected chi connectivity index (χ1v) is 5.45. The van der Waals surface area contributed by atoms with Crippen LogP contribution in [-0.4, -0.2) is 39.5 Å². The van der Waals surface area contributed by atoms with Crippen molar-refractivity contribution >= 4 is 11.7 Å². The number of carbonyl (C=O) groups excluding carboxylic acids is 2. The number of hydrogen-bond donors (Lipinski definition) is 0. The first kappa shape index (κ1) is 10.9. The lowest BCUT2D eigenvalue weighted by Gasteiger charge is -2.25. The standard InChI is InChI=1S/C11H15N3O2/c1-9-2-7-14(12-9)8-11(16)13-5-3-10(15)4-6-13/h2,7H,3-6,8H2,1H3. The molecule has 86 valence electrons. The van der Waals surface area contributed by atoms with E-state index in [1.807, 2.05) is 13.0 Å². The number of nitrogens with zero attached hydrogens (tertiary/aromatic N) is 3. The minimum Gasteiger partial charge on any atom is -0.340 e. The number of hydrogen-bond acceptors (Lipinski definition) is 3. The van der Waals surface area contributed by atoms with Gasteiger partial charge in [0.15, 0.2) is 0 Å². The highest BCUT2D eigenvalue weighted by molar-refractivity contribution is 5.83. The van der Waals surface area contributed by atoms with Crippen LogP contribution >= 0.6 is 0 Å². The second-order valence-corrected chi connectivity index (χ2v) is 4.07. The highest BCUT2D eigenvalue weighted by Crippen LogP contribution is 2.06. The van der Waals surface area contributed by atoms with Crippen LogP contribution in [0.3, 0.4) is 0 Å². The SMILES string of the molecule is Cc1ccn(CC(=O)N2CCC(=O)CC2)n1. The lowest BCUT2D eigenvalue weighted by molar-refractivity contribution is -0.135. The summed E-state index contributed by atoms with van der Waals surface area (Å²) >= 11 is 0. The van der Waals surface area contributed by atoms with Gasteiger partial charge in [-0.05, 0) is 13.0 Å². The number of rotatable bonds is 2. The van der Waals surface area contributed by atoms with Crippen molar-refractivity contribution in [2.75, 3.05) is 13.1 Å². The smallest absolute Gasteiger partial charge is 0.244 e. The highest BCUT2D eigenvalue weighted by Gasteiger charge is 2.20. The second kappa shape index (κ2) is 4.47. The van der Waals surface area contributed by atoms with Crippen LogP contribution in [0.15, 0.2) is 12.3 Å². The number of aromatic nitrogens is 2. The third-order valence-corrected chi connectivity index (χ3v) is 2.75. The molecule has 0 N–H and O–H groups in total. The molecular formula is C11H15N3O2. The molecule has 0 atom stereocenters. The van der Waals surface area contributed by atoms with Crippen LogP contribution in [0.5, 0.6) is 0 Å². The number of piperidine rings is 1. The Labute approximate surface area is 94.0 Å². The zero-order valence-electron chi connectivity index (χ0n) is 9.35. The molecule has 1 fully saturated rings. The molecule has 1 aromatic heterocycles. The van der Waals surface area contributed by atoms with Crippen LogP contribution in [-0.2, 0) is 16.1 Å². The molecule has 1 aromatic rings. The maximum absolute atomic E-state index is 11.8. The van der Waals surface area contributed by atoms with Crippen molar-refractivity contribution < 1.29 is 9.59 Å². The van der Waals surface area contributed by atoms with E-state index in [1.54, 1.807) is 15.8 Å². The minimum absolute atomic E-state index is 0.0376. The largest absolute Gasteiger partial charge is 0.340 e. The molecule has 0 aromatic carbocycles. The fraction of sp³-hybridized carbons (Fsp3) is 0.545. The Hall–Kier alpha value is -1.65. The molecule has 0 aliphatic carbocycles. The summed E-state index contributed by atoms with van der Waals surface area (Å²) in [5.74, 6) is 0.287. The van der Waals surface area contributed by atoms with Gasteiger partial charge in [-0.25, -0.2) is 0 Å². The molecule has 1 amide bonds. The average Bonchev–Trinajstić information content (AvgIpc) is 2.65. The van der Waals surface area contributed by atoms with Crippen molar-refractivity contribution in [3.8, 4) is 0 Å². The number of amides is 1. The van der Waals surface area contributed by atoms with Gasteiger partial charge in [0.25, 0.3) is 0 Å². The topological polar surface area (TPSA) is 55.2 Å². The van der Waals surface area contributed by atoms with Gasteiger partial charge < -0.3 is 4.90 Å². The van der Waals surface area contributed by atoms with Gasteiger partial charge in [0.05, 0.1) is 5.69 Å². The van der Waals surface area contributed by atoms with Crippen molar-refractivity contribution in [3.05, 3.63) is 18.0 Å². The maximum atomic E-state index is 11.8. The monoisotopic (exact) mass is 221 g/mol. The molecular weight excluding hydrogens is 206 g/mol. The quantitative estimate of drug-likeness (QED) is 0.725. The zero-order chi connectivity index (χ0) is 11.5. The molecule has 1 aliphatic rings. The fourth-order valence-electron chi connectivity index (χ4n) is 1.80. The summed E-state index contributed by atoms with van der Waals surface area (Å²) in [7, 11) is 0. The van der Waals surface area contributed by atoms with Gasteiger partial charge in [-0.15, -0.1) is 0 Å². The number of carbonyl (C=O) groups is 2. The molecule has 0 unspecified atom stereocenters. The van der Waals surface area contributed by atoms with E-state index >= 15 is 0 Å². The van der Waals surface area contributed by atoms with E-state index in [4.69, 9.17) is 0 Å². The first-order chi connectivity index (χ1) is 7.65. The van der Waals surface area contributed by atoms with Crippen molar-refractivity contribution in [2.24, 2.45) is 0 Å². The van der Waals surface area contributed by atoms with Crippen molar-refractivity contribution in [3.63, 3.8) is 0 Å². The van der Waals surface area contributed by atoms with Crippen LogP contribution in [0.4, 0.5) is 0 Å². The molecule has 0 radical (unpaired) electrons. The number of Topliss-reactive ketones (excluding diaryl/α,β-unsaturated/α-hetero) is 1. The van der Waals surface area contributed by atoms with Gasteiger partial charge in [0.1, 0.15) is 12.3 Å². The average molecular weight is 221 g/mol. The van der Waals surface area contributed by atoms with Crippen LogP contribution in [0.2, 0.25) is 0 Å². The normalized spacial score (nSPS) is 16.6. The van der Waals surface area contributed by atoms with Gasteiger partial charge in [-0.3, -0.25) is 14.3 Å². The molecule has 16 heavy (non-hydrogen) atoms. The summed E-state index contributed by atoms with van der Waals surface area (Å²) < 4.78 is 1.63. The third kappa shape index (κ3) is 2.48. The van der Waals surface area contributed by atoms with Crippen LogP contribution < -0.4 is 0 Å². The van der Waals surface area contributed by atoms with Gasteiger partial charge in [0.2, 0.25) is 5.91 Å². The van der Waals surface area contributed by atoms with Gasteiger partial charge in [0, 0.05) is 32.1 Å². The Morgan fingerprint density at radius 2 is 2.12 bits per heavy atom. The maximum Gasteiger partial charge on any atom is 0.244 e. The van der Waals surface area contributed by atoms with E-state index < -0.39 is 0 Å². The third-order valence-electron chi connectivity index (χ3n) is 2.75. The molecule has 2 rings (SSSR count). The Morgan fingerprint density at radius 1 is 1.44 bits per heavy atom. The molecule has 0 spiro atoms. The summed E-state index contributed by atoms with van der Waals surface area (Å²) in [5.41, 5.74) is 0.904. The molecule has 5 heteroatoms. The zero-order valence-corrected chi connectivity index (χ0v) is 9.35. The lowest BCUT2D eigenvalue weighted by atomic mass is 10.1. The Bertz CT molecular complexity index is 401. The van der Waals surface area contributed by atoms with E-state index in [-0.39, 0.29) is 18.2 Å². The molecule has 0 bridgehead atoms. The Balaban J connectivity index is 1.91. The first-order valence-electron chi connectivity index (χ1n) is 5.45. The van der Waals surface area contributed by atoms with E-state index in [0.717, 1.165) is 5.69 Å². The van der Waals surface area contributed by atoms with Crippen molar-refractivity contribution in [1.82, 2.24) is 14.7 Å². The molecule has 1 aliphatic heterocycles. The summed E-state index contributed by atoms with van der Waals surface area (Å²) in [6.07, 6.45) is 2.77. The summed E-state index contributed by atoms with van der Waals surface area (Å²) in [6.45, 7) is 3.26. The Kier molecular flexibility index (Phi) is 3.03. The minimum atomic E-state index is 0.0376. The van der Waals surface area contributed by atoms with E-state index in [0.29, 0.717) is 25.9 Å². The summed E-state index contributed by atoms with van der Waals surface area (Å²) in [4.78, 5) is 24.6. The second-order valence-electron chi connectivity index (χ2n) is 4.07. The molecule has 1 saturated heterocycles. The highest BCUT2D eigenvalue weighted by atomic mass is 16.2. The van der Waals surface area contributed by atoms with Crippen LogP contribution in [0, 0.1) is 6.92 Å². The van der Waals surface area contributed by atoms with Gasteiger partial charge in [-0.2, -0.15) is 5.10 Å². The van der Waals surface area contributed by atoms with E-state index in [9.17, 15) is 9.59 Å². The van der Waals surface area contributed by atoms with Gasteiger partial charge >= 0.3 is 0 Å². The van der Waals surface area contributed by atoms with Crippen molar-refractivity contribution in [1.29, 1.82) is 0 Å². The molecule has 5 nitrogen and oxygen atoms in total. The number of aryl methyl sites for hydroxylation is 1.